The predicted molar refractivity (Wildman–Crippen MR) is 117 cm³/mol. The van der Waals surface area contributed by atoms with Gasteiger partial charge >= 0.3 is 0 Å². The number of nitrogens with one attached hydrogen (secondary N) is 1. The lowest BCUT2D eigenvalue weighted by Crippen LogP contribution is -2.25. The van der Waals surface area contributed by atoms with Crippen molar-refractivity contribution in [3.63, 3.8) is 0 Å². The largest absolute Gasteiger partial charge is 0.356 e. The average molecular weight is 383 g/mol. The molecule has 1 amide bonds. The number of aromatic nitrogens is 2. The van der Waals surface area contributed by atoms with E-state index in [0.717, 1.165) is 35.4 Å². The molecule has 146 valence electrons. The topological polar surface area (TPSA) is 46.9 Å². The first-order valence-corrected chi connectivity index (χ1v) is 10.1. The molecule has 0 aliphatic heterocycles. The molecule has 0 saturated heterocycles. The summed E-state index contributed by atoms with van der Waals surface area (Å²) in [6, 6.07) is 28.7. The zero-order valence-corrected chi connectivity index (χ0v) is 16.4. The van der Waals surface area contributed by atoms with Gasteiger partial charge in [0, 0.05) is 25.1 Å². The molecule has 1 heterocycles. The third-order valence-electron chi connectivity index (χ3n) is 5.03. The predicted octanol–water partition coefficient (Wildman–Crippen LogP) is 4.71. The number of para-hydroxylation sites is 3. The maximum Gasteiger partial charge on any atom is 0.220 e. The highest BCUT2D eigenvalue weighted by atomic mass is 16.1. The number of hydrogen-bond acceptors (Lipinski definition) is 2. The van der Waals surface area contributed by atoms with Crippen LogP contribution in [0.25, 0.3) is 16.7 Å². The van der Waals surface area contributed by atoms with Crippen molar-refractivity contribution in [3.8, 4) is 5.69 Å². The summed E-state index contributed by atoms with van der Waals surface area (Å²) in [4.78, 5) is 17.1. The third kappa shape index (κ3) is 4.72. The first-order chi connectivity index (χ1) is 14.3. The average Bonchev–Trinajstić information content (AvgIpc) is 3.15. The van der Waals surface area contributed by atoms with Crippen LogP contribution in [0, 0.1) is 0 Å². The molecule has 4 heteroatoms. The minimum atomic E-state index is 0.0738. The lowest BCUT2D eigenvalue weighted by Gasteiger charge is -2.09. The van der Waals surface area contributed by atoms with Gasteiger partial charge in [-0.15, -0.1) is 0 Å². The van der Waals surface area contributed by atoms with Gasteiger partial charge in [0.25, 0.3) is 0 Å². The van der Waals surface area contributed by atoms with E-state index in [2.05, 4.69) is 40.2 Å². The van der Waals surface area contributed by atoms with E-state index in [9.17, 15) is 4.79 Å². The SMILES string of the molecule is O=C(CCc1nc2ccccc2n1-c1ccccc1)NCCCc1ccccc1. The van der Waals surface area contributed by atoms with E-state index >= 15 is 0 Å². The van der Waals surface area contributed by atoms with Crippen LogP contribution in [0.15, 0.2) is 84.9 Å². The van der Waals surface area contributed by atoms with Crippen LogP contribution >= 0.6 is 0 Å². The number of carbonyl (C=O) groups is 1. The van der Waals surface area contributed by atoms with Crippen LogP contribution in [0.1, 0.15) is 24.2 Å². The van der Waals surface area contributed by atoms with Gasteiger partial charge in [0.2, 0.25) is 5.91 Å². The van der Waals surface area contributed by atoms with Crippen LogP contribution < -0.4 is 5.32 Å². The molecule has 0 aliphatic rings. The smallest absolute Gasteiger partial charge is 0.220 e. The second-order valence-electron chi connectivity index (χ2n) is 7.13. The molecule has 0 radical (unpaired) electrons. The first kappa shape index (κ1) is 18.9. The van der Waals surface area contributed by atoms with E-state index in [-0.39, 0.29) is 5.91 Å². The van der Waals surface area contributed by atoms with E-state index in [1.165, 1.54) is 5.56 Å². The molecule has 3 aromatic carbocycles. The Morgan fingerprint density at radius 2 is 1.52 bits per heavy atom. The molecule has 1 aromatic heterocycles. The van der Waals surface area contributed by atoms with Gasteiger partial charge in [-0.25, -0.2) is 4.98 Å². The number of benzene rings is 3. The van der Waals surface area contributed by atoms with Gasteiger partial charge < -0.3 is 5.32 Å². The van der Waals surface area contributed by atoms with Crippen LogP contribution in [0.4, 0.5) is 0 Å². The monoisotopic (exact) mass is 383 g/mol. The summed E-state index contributed by atoms with van der Waals surface area (Å²) in [5.74, 6) is 0.988. The molecule has 29 heavy (non-hydrogen) atoms. The van der Waals surface area contributed by atoms with Crippen molar-refractivity contribution >= 4 is 16.9 Å². The van der Waals surface area contributed by atoms with E-state index < -0.39 is 0 Å². The van der Waals surface area contributed by atoms with Gasteiger partial charge in [0.15, 0.2) is 0 Å². The third-order valence-corrected chi connectivity index (χ3v) is 5.03. The Bertz CT molecular complexity index is 1070. The van der Waals surface area contributed by atoms with E-state index in [1.54, 1.807) is 0 Å². The molecule has 0 saturated carbocycles. The van der Waals surface area contributed by atoms with E-state index in [1.807, 2.05) is 54.6 Å². The summed E-state index contributed by atoms with van der Waals surface area (Å²) < 4.78 is 2.15. The fourth-order valence-electron chi connectivity index (χ4n) is 3.59. The molecular formula is C25H25N3O. The fraction of sp³-hybridized carbons (Fsp3) is 0.200. The quantitative estimate of drug-likeness (QED) is 0.448. The molecule has 1 N–H and O–H groups in total. The van der Waals surface area contributed by atoms with Crippen LogP contribution in [0.3, 0.4) is 0 Å². The maximum absolute atomic E-state index is 12.3. The molecule has 4 nitrogen and oxygen atoms in total. The van der Waals surface area contributed by atoms with Gasteiger partial charge in [0.05, 0.1) is 11.0 Å². The number of amides is 1. The summed E-state index contributed by atoms with van der Waals surface area (Å²) in [7, 11) is 0. The number of imidazole rings is 1. The van der Waals surface area contributed by atoms with Crippen molar-refractivity contribution < 1.29 is 4.79 Å². The van der Waals surface area contributed by atoms with Crippen molar-refractivity contribution in [2.45, 2.75) is 25.7 Å². The van der Waals surface area contributed by atoms with Gasteiger partial charge in [-0.3, -0.25) is 9.36 Å². The second kappa shape index (κ2) is 9.20. The number of nitrogens with zero attached hydrogens (tertiary/aromatic N) is 2. The van der Waals surface area contributed by atoms with Gasteiger partial charge in [0.1, 0.15) is 5.82 Å². The first-order valence-electron chi connectivity index (χ1n) is 10.1. The zero-order valence-electron chi connectivity index (χ0n) is 16.4. The highest BCUT2D eigenvalue weighted by Gasteiger charge is 2.13. The Hall–Kier alpha value is -3.40. The Balaban J connectivity index is 1.37. The Labute approximate surface area is 171 Å². The highest BCUT2D eigenvalue weighted by molar-refractivity contribution is 5.79. The van der Waals surface area contributed by atoms with Crippen molar-refractivity contribution in [1.29, 1.82) is 0 Å². The van der Waals surface area contributed by atoms with Gasteiger partial charge in [-0.1, -0.05) is 60.7 Å². The molecule has 0 spiro atoms. The second-order valence-corrected chi connectivity index (χ2v) is 7.13. The zero-order chi connectivity index (χ0) is 19.9. The minimum Gasteiger partial charge on any atom is -0.356 e. The molecular weight excluding hydrogens is 358 g/mol. The maximum atomic E-state index is 12.3. The normalized spacial score (nSPS) is 10.9. The fourth-order valence-corrected chi connectivity index (χ4v) is 3.59. The Kier molecular flexibility index (Phi) is 6.01. The molecule has 0 aliphatic carbocycles. The van der Waals surface area contributed by atoms with Crippen LogP contribution in [-0.2, 0) is 17.6 Å². The summed E-state index contributed by atoms with van der Waals surface area (Å²) >= 11 is 0. The van der Waals surface area contributed by atoms with Crippen LogP contribution in [0.2, 0.25) is 0 Å². The number of aryl methyl sites for hydroxylation is 2. The summed E-state index contributed by atoms with van der Waals surface area (Å²) in [5.41, 5.74) is 4.39. The molecule has 0 bridgehead atoms. The van der Waals surface area contributed by atoms with Gasteiger partial charge in [-0.2, -0.15) is 0 Å². The molecule has 4 aromatic rings. The minimum absolute atomic E-state index is 0.0738. The lowest BCUT2D eigenvalue weighted by atomic mass is 10.1. The number of rotatable bonds is 8. The number of fused-ring (bicyclic) bond motifs is 1. The molecule has 0 atom stereocenters. The summed E-state index contributed by atoms with van der Waals surface area (Å²) in [6.45, 7) is 0.697. The Morgan fingerprint density at radius 1 is 0.828 bits per heavy atom. The van der Waals surface area contributed by atoms with Crippen molar-refractivity contribution in [2.75, 3.05) is 6.54 Å². The number of hydrogen-bond donors (Lipinski definition) is 1. The van der Waals surface area contributed by atoms with Gasteiger partial charge in [-0.05, 0) is 42.7 Å². The number of carbonyl (C=O) groups excluding carboxylic acids is 1. The van der Waals surface area contributed by atoms with Crippen LogP contribution in [-0.4, -0.2) is 22.0 Å². The molecule has 0 fully saturated rings. The summed E-state index contributed by atoms with van der Waals surface area (Å²) in [5, 5.41) is 3.04. The molecule has 4 rings (SSSR count). The highest BCUT2D eigenvalue weighted by Crippen LogP contribution is 2.22. The van der Waals surface area contributed by atoms with Crippen LogP contribution in [0.5, 0.6) is 0 Å². The Morgan fingerprint density at radius 3 is 2.31 bits per heavy atom. The lowest BCUT2D eigenvalue weighted by molar-refractivity contribution is -0.121. The van der Waals surface area contributed by atoms with Crippen molar-refractivity contribution in [1.82, 2.24) is 14.9 Å². The standard InChI is InChI=1S/C25H25N3O/c29-25(26-19-9-12-20-10-3-1-4-11-20)18-17-24-27-22-15-7-8-16-23(22)28(24)21-13-5-2-6-14-21/h1-8,10-11,13-16H,9,12,17-19H2,(H,26,29). The van der Waals surface area contributed by atoms with E-state index in [0.29, 0.717) is 19.4 Å². The molecule has 0 unspecified atom stereocenters. The van der Waals surface area contributed by atoms with Crippen molar-refractivity contribution in [3.05, 3.63) is 96.3 Å². The van der Waals surface area contributed by atoms with E-state index in [4.69, 9.17) is 4.98 Å². The van der Waals surface area contributed by atoms with Crippen molar-refractivity contribution in [2.24, 2.45) is 0 Å². The summed E-state index contributed by atoms with van der Waals surface area (Å²) in [6.07, 6.45) is 2.96.